The zero-order valence-corrected chi connectivity index (χ0v) is 13.1. The van der Waals surface area contributed by atoms with Crippen LogP contribution in [0.4, 0.5) is 5.82 Å². The molecule has 4 heteroatoms. The maximum Gasteiger partial charge on any atom is 0.149 e. The normalized spacial score (nSPS) is 10.9. The van der Waals surface area contributed by atoms with Crippen molar-refractivity contribution in [1.82, 2.24) is 15.1 Å². The van der Waals surface area contributed by atoms with E-state index in [-0.39, 0.29) is 0 Å². The predicted molar refractivity (Wildman–Crippen MR) is 88.5 cm³/mol. The van der Waals surface area contributed by atoms with Gasteiger partial charge in [-0.1, -0.05) is 44.2 Å². The molecule has 0 saturated carbocycles. The van der Waals surface area contributed by atoms with Crippen LogP contribution in [-0.4, -0.2) is 41.3 Å². The summed E-state index contributed by atoms with van der Waals surface area (Å²) in [5, 5.41) is 11.9. The van der Waals surface area contributed by atoms with Crippen molar-refractivity contribution >= 4 is 5.82 Å². The second kappa shape index (κ2) is 7.74. The van der Waals surface area contributed by atoms with Gasteiger partial charge < -0.3 is 10.2 Å². The fourth-order valence-corrected chi connectivity index (χ4v) is 2.33. The number of nitrogens with one attached hydrogen (secondary N) is 1. The van der Waals surface area contributed by atoms with Crippen LogP contribution >= 0.6 is 0 Å². The number of hydrogen-bond acceptors (Lipinski definition) is 4. The van der Waals surface area contributed by atoms with Crippen LogP contribution in [0.2, 0.25) is 0 Å². The van der Waals surface area contributed by atoms with Gasteiger partial charge in [-0.3, -0.25) is 0 Å². The summed E-state index contributed by atoms with van der Waals surface area (Å²) in [6.07, 6.45) is 0. The van der Waals surface area contributed by atoms with Gasteiger partial charge in [0.15, 0.2) is 0 Å². The number of likely N-dealkylation sites (N-methyl/N-ethyl adjacent to an activating group) is 1. The Hall–Kier alpha value is -1.94. The summed E-state index contributed by atoms with van der Waals surface area (Å²) in [5.74, 6) is 0.839. The van der Waals surface area contributed by atoms with E-state index in [2.05, 4.69) is 52.5 Å². The van der Waals surface area contributed by atoms with Gasteiger partial charge in [0.25, 0.3) is 0 Å². The summed E-state index contributed by atoms with van der Waals surface area (Å²) < 4.78 is 0. The topological polar surface area (TPSA) is 41.0 Å². The Morgan fingerprint density at radius 3 is 2.43 bits per heavy atom. The third kappa shape index (κ3) is 4.26. The summed E-state index contributed by atoms with van der Waals surface area (Å²) in [6.45, 7) is 10.4. The monoisotopic (exact) mass is 284 g/mol. The Labute approximate surface area is 127 Å². The molecule has 1 heterocycles. The summed E-state index contributed by atoms with van der Waals surface area (Å²) in [5.41, 5.74) is 3.27. The number of benzene rings is 1. The molecular formula is C17H24N4. The minimum atomic E-state index is 0.839. The third-order valence-corrected chi connectivity index (χ3v) is 3.69. The molecule has 0 aliphatic rings. The summed E-state index contributed by atoms with van der Waals surface area (Å²) in [6, 6.07) is 12.4. The molecule has 2 rings (SSSR count). The van der Waals surface area contributed by atoms with E-state index in [9.17, 15) is 0 Å². The van der Waals surface area contributed by atoms with Crippen molar-refractivity contribution < 1.29 is 0 Å². The molecule has 0 bridgehead atoms. The van der Waals surface area contributed by atoms with Gasteiger partial charge in [0.1, 0.15) is 5.82 Å². The van der Waals surface area contributed by atoms with Gasteiger partial charge in [0.2, 0.25) is 0 Å². The standard InChI is InChI=1S/C17H24N4/c1-4-21(5-2)12-11-18-17-13-16(14(3)19-20-17)15-9-7-6-8-10-15/h6-10,13H,4-5,11-12H2,1-3H3,(H,18,20). The Balaban J connectivity index is 2.05. The van der Waals surface area contributed by atoms with Crippen LogP contribution < -0.4 is 5.32 Å². The van der Waals surface area contributed by atoms with Crippen molar-refractivity contribution in [3.8, 4) is 11.1 Å². The fourth-order valence-electron chi connectivity index (χ4n) is 2.33. The first-order chi connectivity index (χ1) is 10.2. The van der Waals surface area contributed by atoms with E-state index in [1.165, 1.54) is 5.56 Å². The van der Waals surface area contributed by atoms with Crippen molar-refractivity contribution in [2.24, 2.45) is 0 Å². The zero-order valence-electron chi connectivity index (χ0n) is 13.1. The highest BCUT2D eigenvalue weighted by atomic mass is 15.2. The van der Waals surface area contributed by atoms with Crippen molar-refractivity contribution in [2.45, 2.75) is 20.8 Å². The Morgan fingerprint density at radius 1 is 1.05 bits per heavy atom. The van der Waals surface area contributed by atoms with E-state index in [1.54, 1.807) is 0 Å². The summed E-state index contributed by atoms with van der Waals surface area (Å²) in [7, 11) is 0. The van der Waals surface area contributed by atoms with Gasteiger partial charge in [0, 0.05) is 18.7 Å². The lowest BCUT2D eigenvalue weighted by Crippen LogP contribution is -2.28. The van der Waals surface area contributed by atoms with E-state index >= 15 is 0 Å². The third-order valence-electron chi connectivity index (χ3n) is 3.69. The SMILES string of the molecule is CCN(CC)CCNc1cc(-c2ccccc2)c(C)nn1. The van der Waals surface area contributed by atoms with E-state index in [4.69, 9.17) is 0 Å². The average molecular weight is 284 g/mol. The number of aromatic nitrogens is 2. The number of rotatable bonds is 7. The van der Waals surface area contributed by atoms with Gasteiger partial charge in [-0.15, -0.1) is 5.10 Å². The number of aryl methyl sites for hydroxylation is 1. The molecule has 21 heavy (non-hydrogen) atoms. The van der Waals surface area contributed by atoms with Crippen molar-refractivity contribution in [3.05, 3.63) is 42.1 Å². The molecule has 0 spiro atoms. The molecular weight excluding hydrogens is 260 g/mol. The average Bonchev–Trinajstić information content (AvgIpc) is 2.54. The van der Waals surface area contributed by atoms with E-state index in [1.807, 2.05) is 25.1 Å². The zero-order chi connectivity index (χ0) is 15.1. The van der Waals surface area contributed by atoms with Gasteiger partial charge in [0.05, 0.1) is 5.69 Å². The maximum absolute atomic E-state index is 4.27. The predicted octanol–water partition coefficient (Wildman–Crippen LogP) is 3.21. The lowest BCUT2D eigenvalue weighted by Gasteiger charge is -2.18. The van der Waals surface area contributed by atoms with Crippen LogP contribution in [0.3, 0.4) is 0 Å². The van der Waals surface area contributed by atoms with Crippen molar-refractivity contribution in [2.75, 3.05) is 31.5 Å². The molecule has 0 aliphatic heterocycles. The van der Waals surface area contributed by atoms with Gasteiger partial charge in [-0.2, -0.15) is 5.10 Å². The van der Waals surface area contributed by atoms with Crippen LogP contribution in [-0.2, 0) is 0 Å². The second-order valence-electron chi connectivity index (χ2n) is 5.05. The van der Waals surface area contributed by atoms with Gasteiger partial charge >= 0.3 is 0 Å². The number of hydrogen-bond donors (Lipinski definition) is 1. The van der Waals surface area contributed by atoms with Gasteiger partial charge in [-0.05, 0) is 31.6 Å². The Bertz CT molecular complexity index is 550. The molecule has 1 aromatic carbocycles. The summed E-state index contributed by atoms with van der Waals surface area (Å²) in [4.78, 5) is 2.38. The molecule has 2 aromatic rings. The fraction of sp³-hybridized carbons (Fsp3) is 0.412. The van der Waals surface area contributed by atoms with Crippen molar-refractivity contribution in [3.63, 3.8) is 0 Å². The number of nitrogens with zero attached hydrogens (tertiary/aromatic N) is 3. The molecule has 1 aromatic heterocycles. The molecule has 112 valence electrons. The molecule has 0 fully saturated rings. The van der Waals surface area contributed by atoms with Crippen molar-refractivity contribution in [1.29, 1.82) is 0 Å². The van der Waals surface area contributed by atoms with Crippen LogP contribution in [0.25, 0.3) is 11.1 Å². The first kappa shape index (κ1) is 15.4. The van der Waals surface area contributed by atoms with Crippen LogP contribution in [0.1, 0.15) is 19.5 Å². The molecule has 0 unspecified atom stereocenters. The van der Waals surface area contributed by atoms with Gasteiger partial charge in [-0.25, -0.2) is 0 Å². The molecule has 0 atom stereocenters. The highest BCUT2D eigenvalue weighted by Crippen LogP contribution is 2.23. The quantitative estimate of drug-likeness (QED) is 0.847. The van der Waals surface area contributed by atoms with E-state index < -0.39 is 0 Å². The largest absolute Gasteiger partial charge is 0.367 e. The molecule has 0 aliphatic carbocycles. The first-order valence-electron chi connectivity index (χ1n) is 7.60. The number of anilines is 1. The van der Waals surface area contributed by atoms with E-state index in [0.29, 0.717) is 0 Å². The Morgan fingerprint density at radius 2 is 1.76 bits per heavy atom. The molecule has 0 amide bonds. The first-order valence-corrected chi connectivity index (χ1v) is 7.60. The minimum Gasteiger partial charge on any atom is -0.367 e. The van der Waals surface area contributed by atoms with E-state index in [0.717, 1.165) is 43.3 Å². The Kier molecular flexibility index (Phi) is 5.69. The minimum absolute atomic E-state index is 0.839. The maximum atomic E-state index is 4.27. The smallest absolute Gasteiger partial charge is 0.149 e. The van der Waals surface area contributed by atoms with Crippen LogP contribution in [0.15, 0.2) is 36.4 Å². The van der Waals surface area contributed by atoms with Crippen LogP contribution in [0, 0.1) is 6.92 Å². The molecule has 1 N–H and O–H groups in total. The second-order valence-corrected chi connectivity index (χ2v) is 5.05. The lowest BCUT2D eigenvalue weighted by molar-refractivity contribution is 0.316. The van der Waals surface area contributed by atoms with Crippen LogP contribution in [0.5, 0.6) is 0 Å². The molecule has 0 saturated heterocycles. The highest BCUT2D eigenvalue weighted by molar-refractivity contribution is 5.68. The lowest BCUT2D eigenvalue weighted by atomic mass is 10.1. The molecule has 0 radical (unpaired) electrons. The highest BCUT2D eigenvalue weighted by Gasteiger charge is 2.06. The molecule has 4 nitrogen and oxygen atoms in total. The summed E-state index contributed by atoms with van der Waals surface area (Å²) >= 11 is 0.